The number of rotatable bonds is 6. The first-order valence-corrected chi connectivity index (χ1v) is 12.1. The summed E-state index contributed by atoms with van der Waals surface area (Å²) >= 11 is 12.3. The number of methoxy groups -OCH3 is 1. The molecule has 1 N–H and O–H groups in total. The average molecular weight is 481 g/mol. The second-order valence-corrected chi connectivity index (χ2v) is 9.41. The van der Waals surface area contributed by atoms with Crippen molar-refractivity contribution < 1.29 is 9.47 Å². The smallest absolute Gasteiger partial charge is 0.134 e. The zero-order chi connectivity index (χ0) is 22.8. The maximum Gasteiger partial charge on any atom is 0.134 e. The Morgan fingerprint density at radius 3 is 2.12 bits per heavy atom. The molecule has 1 fully saturated rings. The topological polar surface area (TPSA) is 42.8 Å². The minimum atomic E-state index is -0.111. The molecule has 1 aliphatic heterocycles. The first kappa shape index (κ1) is 22.1. The first-order valence-electron chi connectivity index (χ1n) is 11.3. The quantitative estimate of drug-likeness (QED) is 0.406. The molecule has 33 heavy (non-hydrogen) atoms. The molecule has 3 aromatic carbocycles. The molecular formula is C27H26Cl2N2O2. The zero-order valence-corrected chi connectivity index (χ0v) is 19.9. The van der Waals surface area contributed by atoms with Gasteiger partial charge in [-0.3, -0.25) is 4.99 Å². The van der Waals surface area contributed by atoms with E-state index in [1.807, 2.05) is 66.7 Å². The van der Waals surface area contributed by atoms with Crippen LogP contribution in [0.2, 0.25) is 10.0 Å². The van der Waals surface area contributed by atoms with Gasteiger partial charge in [0.25, 0.3) is 0 Å². The predicted octanol–water partition coefficient (Wildman–Crippen LogP) is 7.16. The van der Waals surface area contributed by atoms with E-state index in [0.29, 0.717) is 10.0 Å². The lowest BCUT2D eigenvalue weighted by Crippen LogP contribution is -2.26. The number of halogens is 2. The van der Waals surface area contributed by atoms with Gasteiger partial charge < -0.3 is 14.8 Å². The molecular weight excluding hydrogens is 455 g/mol. The van der Waals surface area contributed by atoms with Gasteiger partial charge in [0.2, 0.25) is 0 Å². The summed E-state index contributed by atoms with van der Waals surface area (Å²) in [5, 5.41) is 5.08. The van der Waals surface area contributed by atoms with Crippen molar-refractivity contribution in [2.45, 2.75) is 43.9 Å². The summed E-state index contributed by atoms with van der Waals surface area (Å²) in [5.41, 5.74) is 3.15. The number of hydrogen-bond acceptors (Lipinski definition) is 4. The van der Waals surface area contributed by atoms with Gasteiger partial charge in [0.05, 0.1) is 24.8 Å². The minimum absolute atomic E-state index is 0.0418. The Bertz CT molecular complexity index is 1140. The first-order chi connectivity index (χ1) is 16.1. The van der Waals surface area contributed by atoms with Crippen molar-refractivity contribution in [2.24, 2.45) is 4.99 Å². The highest BCUT2D eigenvalue weighted by Crippen LogP contribution is 2.40. The monoisotopic (exact) mass is 480 g/mol. The molecule has 2 aliphatic rings. The molecule has 5 rings (SSSR count). The number of hydrogen-bond donors (Lipinski definition) is 1. The van der Waals surface area contributed by atoms with Crippen molar-refractivity contribution in [2.75, 3.05) is 7.11 Å². The van der Waals surface area contributed by atoms with Crippen LogP contribution in [0.5, 0.6) is 11.5 Å². The summed E-state index contributed by atoms with van der Waals surface area (Å²) in [7, 11) is 1.67. The Labute approximate surface area is 204 Å². The van der Waals surface area contributed by atoms with Crippen LogP contribution < -0.4 is 14.8 Å². The van der Waals surface area contributed by atoms with Crippen LogP contribution in [0.15, 0.2) is 71.7 Å². The number of aliphatic imine (C=N–C) groups is 1. The van der Waals surface area contributed by atoms with E-state index in [-0.39, 0.29) is 18.2 Å². The SMILES string of the molecule is COc1ccc(C2=NC(c3ccc(Cl)cc3)C(c3ccc(Cl)cc3)N2)c(OC2CCCC2)c1. The van der Waals surface area contributed by atoms with E-state index in [1.165, 1.54) is 12.8 Å². The largest absolute Gasteiger partial charge is 0.497 e. The molecule has 0 aromatic heterocycles. The molecule has 0 bridgehead atoms. The van der Waals surface area contributed by atoms with E-state index in [4.69, 9.17) is 37.7 Å². The second-order valence-electron chi connectivity index (χ2n) is 8.53. The third-order valence-corrected chi connectivity index (χ3v) is 6.86. The van der Waals surface area contributed by atoms with E-state index in [1.54, 1.807) is 7.11 Å². The van der Waals surface area contributed by atoms with Crippen molar-refractivity contribution in [3.05, 3.63) is 93.5 Å². The van der Waals surface area contributed by atoms with E-state index in [9.17, 15) is 0 Å². The fourth-order valence-corrected chi connectivity index (χ4v) is 4.85. The molecule has 0 radical (unpaired) electrons. The van der Waals surface area contributed by atoms with E-state index in [0.717, 1.165) is 46.9 Å². The minimum Gasteiger partial charge on any atom is -0.497 e. The Hall–Kier alpha value is -2.69. The summed E-state index contributed by atoms with van der Waals surface area (Å²) in [4.78, 5) is 5.14. The number of ether oxygens (including phenoxy) is 2. The zero-order valence-electron chi connectivity index (χ0n) is 18.4. The summed E-state index contributed by atoms with van der Waals surface area (Å²) in [6, 6.07) is 21.6. The van der Waals surface area contributed by atoms with Crippen LogP contribution in [-0.4, -0.2) is 19.0 Å². The van der Waals surface area contributed by atoms with Gasteiger partial charge >= 0.3 is 0 Å². The van der Waals surface area contributed by atoms with Gasteiger partial charge in [-0.15, -0.1) is 0 Å². The van der Waals surface area contributed by atoms with Crippen molar-refractivity contribution >= 4 is 29.0 Å². The molecule has 6 heteroatoms. The lowest BCUT2D eigenvalue weighted by Gasteiger charge is -2.21. The standard InChI is InChI=1S/C27H26Cl2N2O2/c1-32-22-14-15-23(24(16-22)33-21-4-2-3-5-21)27-30-25(17-6-10-19(28)11-7-17)26(31-27)18-8-12-20(29)13-9-18/h6-16,21,25-26H,2-5H2,1H3,(H,30,31). The maximum absolute atomic E-state index is 6.44. The Kier molecular flexibility index (Phi) is 6.48. The molecule has 1 aliphatic carbocycles. The Balaban J connectivity index is 1.54. The molecule has 1 saturated carbocycles. The third kappa shape index (κ3) is 4.83. The summed E-state index contributed by atoms with van der Waals surface area (Å²) < 4.78 is 11.9. The van der Waals surface area contributed by atoms with Gasteiger partial charge in [-0.05, 0) is 73.2 Å². The molecule has 2 atom stereocenters. The molecule has 170 valence electrons. The van der Waals surface area contributed by atoms with Crippen molar-refractivity contribution in [1.29, 1.82) is 0 Å². The Morgan fingerprint density at radius 1 is 0.848 bits per heavy atom. The van der Waals surface area contributed by atoms with Crippen LogP contribution in [0.25, 0.3) is 0 Å². The molecule has 0 amide bonds. The predicted molar refractivity (Wildman–Crippen MR) is 134 cm³/mol. The van der Waals surface area contributed by atoms with E-state index < -0.39 is 0 Å². The number of nitrogens with one attached hydrogen (secondary N) is 1. The van der Waals surface area contributed by atoms with E-state index >= 15 is 0 Å². The molecule has 3 aromatic rings. The fraction of sp³-hybridized carbons (Fsp3) is 0.296. The number of benzene rings is 3. The van der Waals surface area contributed by atoms with Crippen LogP contribution in [0, 0.1) is 0 Å². The van der Waals surface area contributed by atoms with Gasteiger partial charge in [-0.1, -0.05) is 47.5 Å². The molecule has 0 saturated heterocycles. The highest BCUT2D eigenvalue weighted by atomic mass is 35.5. The summed E-state index contributed by atoms with van der Waals surface area (Å²) in [6.45, 7) is 0. The second kappa shape index (κ2) is 9.66. The van der Waals surface area contributed by atoms with Gasteiger partial charge in [-0.2, -0.15) is 0 Å². The summed E-state index contributed by atoms with van der Waals surface area (Å²) in [6.07, 6.45) is 4.81. The normalized spacial score (nSPS) is 20.4. The molecule has 2 unspecified atom stereocenters. The lowest BCUT2D eigenvalue weighted by atomic mass is 9.95. The fourth-order valence-electron chi connectivity index (χ4n) is 4.60. The highest BCUT2D eigenvalue weighted by Gasteiger charge is 2.33. The van der Waals surface area contributed by atoms with Crippen molar-refractivity contribution in [1.82, 2.24) is 5.32 Å². The van der Waals surface area contributed by atoms with Crippen LogP contribution in [-0.2, 0) is 0 Å². The number of nitrogens with zero attached hydrogens (tertiary/aromatic N) is 1. The number of amidine groups is 1. The van der Waals surface area contributed by atoms with Gasteiger partial charge in [0.15, 0.2) is 0 Å². The molecule has 0 spiro atoms. The van der Waals surface area contributed by atoms with Crippen LogP contribution >= 0.6 is 23.2 Å². The average Bonchev–Trinajstić information content (AvgIpc) is 3.50. The van der Waals surface area contributed by atoms with Gasteiger partial charge in [-0.25, -0.2) is 0 Å². The van der Waals surface area contributed by atoms with Crippen molar-refractivity contribution in [3.63, 3.8) is 0 Å². The lowest BCUT2D eigenvalue weighted by molar-refractivity contribution is 0.208. The van der Waals surface area contributed by atoms with Crippen LogP contribution in [0.4, 0.5) is 0 Å². The highest BCUT2D eigenvalue weighted by molar-refractivity contribution is 6.30. The van der Waals surface area contributed by atoms with Crippen LogP contribution in [0.3, 0.4) is 0 Å². The maximum atomic E-state index is 6.44. The molecule has 4 nitrogen and oxygen atoms in total. The Morgan fingerprint density at radius 2 is 1.48 bits per heavy atom. The van der Waals surface area contributed by atoms with E-state index in [2.05, 4.69) is 5.32 Å². The summed E-state index contributed by atoms with van der Waals surface area (Å²) in [5.74, 6) is 2.39. The van der Waals surface area contributed by atoms with Gasteiger partial charge in [0.1, 0.15) is 23.4 Å². The van der Waals surface area contributed by atoms with Crippen LogP contribution in [0.1, 0.15) is 54.5 Å². The molecule has 1 heterocycles. The van der Waals surface area contributed by atoms with Gasteiger partial charge in [0, 0.05) is 16.1 Å². The third-order valence-electron chi connectivity index (χ3n) is 6.36. The van der Waals surface area contributed by atoms with Crippen molar-refractivity contribution in [3.8, 4) is 11.5 Å².